The van der Waals surface area contributed by atoms with Crippen molar-refractivity contribution in [1.29, 1.82) is 0 Å². The van der Waals surface area contributed by atoms with Crippen LogP contribution >= 0.6 is 0 Å². The van der Waals surface area contributed by atoms with Crippen LogP contribution in [0.25, 0.3) is 0 Å². The number of esters is 1. The highest BCUT2D eigenvalue weighted by Gasteiger charge is 2.17. The average molecular weight is 249 g/mol. The van der Waals surface area contributed by atoms with Gasteiger partial charge in [0.1, 0.15) is 6.04 Å². The number of carbonyl (C=O) groups excluding carboxylic acids is 2. The van der Waals surface area contributed by atoms with Gasteiger partial charge in [0.15, 0.2) is 0 Å². The third kappa shape index (κ3) is 4.20. The second kappa shape index (κ2) is 6.79. The second-order valence-electron chi connectivity index (χ2n) is 4.23. The first-order valence-corrected chi connectivity index (χ1v) is 6.08. The fraction of sp³-hybridized carbons (Fsp3) is 0.429. The summed E-state index contributed by atoms with van der Waals surface area (Å²) in [6.45, 7) is 5.86. The summed E-state index contributed by atoms with van der Waals surface area (Å²) in [6, 6.07) is 6.54. The Labute approximate surface area is 107 Å². The molecule has 0 aromatic heterocycles. The number of carbonyl (C=O) groups is 2. The van der Waals surface area contributed by atoms with E-state index in [4.69, 9.17) is 4.74 Å². The molecule has 1 rings (SSSR count). The van der Waals surface area contributed by atoms with E-state index in [0.29, 0.717) is 12.2 Å². The number of benzene rings is 1. The number of aryl methyl sites for hydroxylation is 1. The molecule has 4 nitrogen and oxygen atoms in total. The molecule has 98 valence electrons. The number of amides is 1. The minimum Gasteiger partial charge on any atom is -0.464 e. The summed E-state index contributed by atoms with van der Waals surface area (Å²) >= 11 is 0. The summed E-state index contributed by atoms with van der Waals surface area (Å²) in [5.74, 6) is -0.673. The summed E-state index contributed by atoms with van der Waals surface area (Å²) in [5, 5.41) is 2.61. The molecule has 0 aliphatic heterocycles. The molecule has 0 aliphatic rings. The minimum atomic E-state index is -0.634. The van der Waals surface area contributed by atoms with Gasteiger partial charge in [-0.15, -0.1) is 0 Å². The van der Waals surface area contributed by atoms with Gasteiger partial charge < -0.3 is 10.1 Å². The van der Waals surface area contributed by atoms with Gasteiger partial charge in [-0.2, -0.15) is 0 Å². The lowest BCUT2D eigenvalue weighted by atomic mass is 10.1. The fourth-order valence-electron chi connectivity index (χ4n) is 1.37. The van der Waals surface area contributed by atoms with E-state index in [9.17, 15) is 9.59 Å². The molecule has 18 heavy (non-hydrogen) atoms. The largest absolute Gasteiger partial charge is 0.464 e. The maximum absolute atomic E-state index is 11.8. The molecule has 0 bridgehead atoms. The van der Waals surface area contributed by atoms with Gasteiger partial charge in [0.2, 0.25) is 0 Å². The van der Waals surface area contributed by atoms with Gasteiger partial charge in [-0.1, -0.05) is 24.6 Å². The van der Waals surface area contributed by atoms with Gasteiger partial charge in [-0.25, -0.2) is 4.79 Å². The van der Waals surface area contributed by atoms with Crippen molar-refractivity contribution in [3.05, 3.63) is 35.4 Å². The van der Waals surface area contributed by atoms with Crippen molar-refractivity contribution in [2.45, 2.75) is 33.2 Å². The Bertz CT molecular complexity index is 412. The molecular weight excluding hydrogens is 230 g/mol. The molecule has 0 aliphatic carbocycles. The summed E-state index contributed by atoms with van der Waals surface area (Å²) in [7, 11) is 0. The van der Waals surface area contributed by atoms with Crippen LogP contribution in [0.15, 0.2) is 24.3 Å². The SMILES string of the molecule is CCCOC(=O)C(C)NC(=O)c1ccc(C)cc1. The Hall–Kier alpha value is -1.84. The molecule has 1 N–H and O–H groups in total. The number of ether oxygens (including phenoxy) is 1. The third-order valence-electron chi connectivity index (χ3n) is 2.46. The third-order valence-corrected chi connectivity index (χ3v) is 2.46. The van der Waals surface area contributed by atoms with E-state index in [-0.39, 0.29) is 5.91 Å². The van der Waals surface area contributed by atoms with E-state index in [2.05, 4.69) is 5.32 Å². The van der Waals surface area contributed by atoms with Crippen LogP contribution in [-0.4, -0.2) is 24.5 Å². The molecule has 1 aromatic rings. The van der Waals surface area contributed by atoms with Crippen LogP contribution in [0.4, 0.5) is 0 Å². The number of hydrogen-bond acceptors (Lipinski definition) is 3. The molecule has 4 heteroatoms. The Morgan fingerprint density at radius 2 is 1.89 bits per heavy atom. The quantitative estimate of drug-likeness (QED) is 0.813. The van der Waals surface area contributed by atoms with Crippen LogP contribution in [0.1, 0.15) is 36.2 Å². The van der Waals surface area contributed by atoms with E-state index in [1.54, 1.807) is 19.1 Å². The van der Waals surface area contributed by atoms with Crippen LogP contribution < -0.4 is 5.32 Å². The highest BCUT2D eigenvalue weighted by atomic mass is 16.5. The zero-order valence-electron chi connectivity index (χ0n) is 11.0. The topological polar surface area (TPSA) is 55.4 Å². The molecule has 1 unspecified atom stereocenters. The van der Waals surface area contributed by atoms with Crippen molar-refractivity contribution in [2.24, 2.45) is 0 Å². The Balaban J connectivity index is 2.53. The zero-order valence-corrected chi connectivity index (χ0v) is 11.0. The molecule has 0 heterocycles. The van der Waals surface area contributed by atoms with Crippen molar-refractivity contribution in [3.8, 4) is 0 Å². The fourth-order valence-corrected chi connectivity index (χ4v) is 1.37. The predicted octanol–water partition coefficient (Wildman–Crippen LogP) is 2.07. The lowest BCUT2D eigenvalue weighted by Crippen LogP contribution is -2.39. The van der Waals surface area contributed by atoms with Crippen molar-refractivity contribution >= 4 is 11.9 Å². The van der Waals surface area contributed by atoms with Crippen molar-refractivity contribution in [3.63, 3.8) is 0 Å². The van der Waals surface area contributed by atoms with Crippen LogP contribution in [0.5, 0.6) is 0 Å². The minimum absolute atomic E-state index is 0.268. The maximum atomic E-state index is 11.8. The van der Waals surface area contributed by atoms with Crippen molar-refractivity contribution < 1.29 is 14.3 Å². The van der Waals surface area contributed by atoms with Crippen molar-refractivity contribution in [1.82, 2.24) is 5.32 Å². The summed E-state index contributed by atoms with van der Waals surface area (Å²) in [6.07, 6.45) is 0.768. The van der Waals surface area contributed by atoms with Crippen molar-refractivity contribution in [2.75, 3.05) is 6.61 Å². The van der Waals surface area contributed by atoms with Gasteiger partial charge in [0, 0.05) is 5.56 Å². The molecule has 0 radical (unpaired) electrons. The molecule has 0 saturated carbocycles. The Kier molecular flexibility index (Phi) is 5.36. The van der Waals surface area contributed by atoms with Gasteiger partial charge in [0.25, 0.3) is 5.91 Å². The number of nitrogens with one attached hydrogen (secondary N) is 1. The average Bonchev–Trinajstić information content (AvgIpc) is 2.36. The number of rotatable bonds is 5. The summed E-state index contributed by atoms with van der Waals surface area (Å²) in [5.41, 5.74) is 1.62. The van der Waals surface area contributed by atoms with Crippen LogP contribution in [0.3, 0.4) is 0 Å². The van der Waals surface area contributed by atoms with E-state index in [1.807, 2.05) is 26.0 Å². The van der Waals surface area contributed by atoms with Crippen LogP contribution in [0, 0.1) is 6.92 Å². The van der Waals surface area contributed by atoms with E-state index in [1.165, 1.54) is 0 Å². The molecule has 0 spiro atoms. The molecule has 1 amide bonds. The van der Waals surface area contributed by atoms with Gasteiger partial charge in [0.05, 0.1) is 6.61 Å². The number of hydrogen-bond donors (Lipinski definition) is 1. The molecule has 1 atom stereocenters. The zero-order chi connectivity index (χ0) is 13.5. The van der Waals surface area contributed by atoms with Gasteiger partial charge in [-0.05, 0) is 32.4 Å². The lowest BCUT2D eigenvalue weighted by Gasteiger charge is -2.13. The smallest absolute Gasteiger partial charge is 0.328 e. The molecule has 0 saturated heterocycles. The second-order valence-corrected chi connectivity index (χ2v) is 4.23. The van der Waals surface area contributed by atoms with E-state index >= 15 is 0 Å². The van der Waals surface area contributed by atoms with Gasteiger partial charge in [-0.3, -0.25) is 4.79 Å². The normalized spacial score (nSPS) is 11.7. The van der Waals surface area contributed by atoms with Gasteiger partial charge >= 0.3 is 5.97 Å². The van der Waals surface area contributed by atoms with E-state index < -0.39 is 12.0 Å². The first-order chi connectivity index (χ1) is 8.54. The van der Waals surface area contributed by atoms with Crippen LogP contribution in [0.2, 0.25) is 0 Å². The standard InChI is InChI=1S/C14H19NO3/c1-4-9-18-14(17)11(3)15-13(16)12-7-5-10(2)6-8-12/h5-8,11H,4,9H2,1-3H3,(H,15,16). The first-order valence-electron chi connectivity index (χ1n) is 6.08. The monoisotopic (exact) mass is 249 g/mol. The summed E-state index contributed by atoms with van der Waals surface area (Å²) < 4.78 is 4.96. The highest BCUT2D eigenvalue weighted by Crippen LogP contribution is 2.03. The maximum Gasteiger partial charge on any atom is 0.328 e. The Morgan fingerprint density at radius 1 is 1.28 bits per heavy atom. The molecule has 1 aromatic carbocycles. The molecular formula is C14H19NO3. The predicted molar refractivity (Wildman–Crippen MR) is 69.4 cm³/mol. The first kappa shape index (κ1) is 14.2. The van der Waals surface area contributed by atoms with Crippen LogP contribution in [-0.2, 0) is 9.53 Å². The lowest BCUT2D eigenvalue weighted by molar-refractivity contribution is -0.145. The van der Waals surface area contributed by atoms with E-state index in [0.717, 1.165) is 12.0 Å². The Morgan fingerprint density at radius 3 is 2.44 bits per heavy atom. The summed E-state index contributed by atoms with van der Waals surface area (Å²) in [4.78, 5) is 23.3. The highest BCUT2D eigenvalue weighted by molar-refractivity contribution is 5.96. The molecule has 0 fully saturated rings.